The number of carbonyl (C=O) groups is 1. The van der Waals surface area contributed by atoms with Crippen LogP contribution < -0.4 is 10.0 Å². The summed E-state index contributed by atoms with van der Waals surface area (Å²) in [6, 6.07) is 15.5. The van der Waals surface area contributed by atoms with E-state index in [0.717, 1.165) is 16.6 Å². The fourth-order valence-electron chi connectivity index (χ4n) is 2.31. The summed E-state index contributed by atoms with van der Waals surface area (Å²) in [4.78, 5) is 12.4. The molecule has 3 aromatic carbocycles. The van der Waals surface area contributed by atoms with Crippen LogP contribution >= 0.6 is 27.5 Å². The van der Waals surface area contributed by atoms with E-state index in [1.165, 1.54) is 30.3 Å². The van der Waals surface area contributed by atoms with Gasteiger partial charge in [0, 0.05) is 15.8 Å². The first-order chi connectivity index (χ1) is 13.2. The molecule has 0 saturated carbocycles. The molecule has 2 N–H and O–H groups in total. The Labute approximate surface area is 174 Å². The van der Waals surface area contributed by atoms with Crippen LogP contribution in [0.4, 0.5) is 15.8 Å². The Balaban J connectivity index is 1.86. The quantitative estimate of drug-likeness (QED) is 0.517. The lowest BCUT2D eigenvalue weighted by Crippen LogP contribution is -2.16. The van der Waals surface area contributed by atoms with E-state index < -0.39 is 21.7 Å². The average Bonchev–Trinajstić information content (AvgIpc) is 2.65. The molecule has 0 atom stereocenters. The van der Waals surface area contributed by atoms with Crippen molar-refractivity contribution in [1.29, 1.82) is 0 Å². The standard InChI is InChI=1S/C19H13BrClFN2O3S/c20-12-1-5-14(6-2-12)23-19(25)17-11-16(9-10-18(17)21)28(26,27)24-15-7-3-13(22)4-8-15/h1-11,24H,(H,23,25). The smallest absolute Gasteiger partial charge is 0.261 e. The lowest BCUT2D eigenvalue weighted by molar-refractivity contribution is 0.102. The number of benzene rings is 3. The number of hydrogen-bond donors (Lipinski definition) is 2. The predicted octanol–water partition coefficient (Wildman–Crippen LogP) is 5.29. The molecule has 0 spiro atoms. The molecule has 28 heavy (non-hydrogen) atoms. The highest BCUT2D eigenvalue weighted by Crippen LogP contribution is 2.24. The van der Waals surface area contributed by atoms with Crippen LogP contribution in [0.25, 0.3) is 0 Å². The lowest BCUT2D eigenvalue weighted by atomic mass is 10.2. The van der Waals surface area contributed by atoms with E-state index in [-0.39, 0.29) is 21.2 Å². The number of hydrogen-bond acceptors (Lipinski definition) is 3. The largest absolute Gasteiger partial charge is 0.322 e. The Hall–Kier alpha value is -2.42. The molecule has 0 fully saturated rings. The predicted molar refractivity (Wildman–Crippen MR) is 111 cm³/mol. The minimum atomic E-state index is -3.99. The van der Waals surface area contributed by atoms with Crippen molar-refractivity contribution in [2.45, 2.75) is 4.90 Å². The van der Waals surface area contributed by atoms with E-state index in [4.69, 9.17) is 11.6 Å². The van der Waals surface area contributed by atoms with E-state index in [0.29, 0.717) is 5.69 Å². The third-order valence-corrected chi connectivity index (χ3v) is 5.93. The van der Waals surface area contributed by atoms with Crippen molar-refractivity contribution in [3.63, 3.8) is 0 Å². The van der Waals surface area contributed by atoms with E-state index in [2.05, 4.69) is 26.0 Å². The summed E-state index contributed by atoms with van der Waals surface area (Å²) >= 11 is 9.39. The number of halogens is 3. The van der Waals surface area contributed by atoms with Crippen molar-refractivity contribution in [1.82, 2.24) is 0 Å². The van der Waals surface area contributed by atoms with E-state index in [1.54, 1.807) is 24.3 Å². The van der Waals surface area contributed by atoms with Crippen LogP contribution in [0.15, 0.2) is 76.1 Å². The third-order valence-electron chi connectivity index (χ3n) is 3.69. The fourth-order valence-corrected chi connectivity index (χ4v) is 3.86. The topological polar surface area (TPSA) is 75.3 Å². The molecule has 0 unspecified atom stereocenters. The first-order valence-electron chi connectivity index (χ1n) is 7.89. The number of carbonyl (C=O) groups excluding carboxylic acids is 1. The molecule has 0 aliphatic heterocycles. The number of rotatable bonds is 5. The first-order valence-corrected chi connectivity index (χ1v) is 10.5. The van der Waals surface area contributed by atoms with Gasteiger partial charge in [0.1, 0.15) is 5.82 Å². The van der Waals surface area contributed by atoms with Crippen molar-refractivity contribution in [2.24, 2.45) is 0 Å². The molecule has 0 radical (unpaired) electrons. The van der Waals surface area contributed by atoms with Gasteiger partial charge in [-0.1, -0.05) is 27.5 Å². The molecule has 0 aliphatic rings. The highest BCUT2D eigenvalue weighted by atomic mass is 79.9. The molecule has 0 aliphatic carbocycles. The summed E-state index contributed by atoms with van der Waals surface area (Å²) in [5.41, 5.74) is 0.728. The van der Waals surface area contributed by atoms with Crippen LogP contribution in [0.1, 0.15) is 10.4 Å². The van der Waals surface area contributed by atoms with Crippen LogP contribution in [-0.4, -0.2) is 14.3 Å². The van der Waals surface area contributed by atoms with Gasteiger partial charge in [0.15, 0.2) is 0 Å². The number of nitrogens with one attached hydrogen (secondary N) is 2. The maximum Gasteiger partial charge on any atom is 0.261 e. The summed E-state index contributed by atoms with van der Waals surface area (Å²) in [6.45, 7) is 0. The van der Waals surface area contributed by atoms with E-state index in [1.807, 2.05) is 0 Å². The zero-order valence-electron chi connectivity index (χ0n) is 14.1. The molecule has 0 aromatic heterocycles. The highest BCUT2D eigenvalue weighted by Gasteiger charge is 2.19. The maximum atomic E-state index is 13.0. The van der Waals surface area contributed by atoms with Crippen molar-refractivity contribution in [3.05, 3.63) is 87.6 Å². The third kappa shape index (κ3) is 4.89. The van der Waals surface area contributed by atoms with Gasteiger partial charge < -0.3 is 5.32 Å². The van der Waals surface area contributed by atoms with Gasteiger partial charge >= 0.3 is 0 Å². The van der Waals surface area contributed by atoms with Gasteiger partial charge in [-0.3, -0.25) is 9.52 Å². The number of amides is 1. The number of sulfonamides is 1. The summed E-state index contributed by atoms with van der Waals surface area (Å²) in [6.07, 6.45) is 0. The first kappa shape index (κ1) is 20.3. The summed E-state index contributed by atoms with van der Waals surface area (Å²) in [7, 11) is -3.99. The molecular weight excluding hydrogens is 471 g/mol. The number of anilines is 2. The Morgan fingerprint density at radius 1 is 0.929 bits per heavy atom. The molecule has 3 rings (SSSR count). The minimum Gasteiger partial charge on any atom is -0.322 e. The zero-order chi connectivity index (χ0) is 20.3. The van der Waals surface area contributed by atoms with E-state index in [9.17, 15) is 17.6 Å². The second kappa shape index (κ2) is 8.30. The fraction of sp³-hybridized carbons (Fsp3) is 0. The van der Waals surface area contributed by atoms with Gasteiger partial charge in [-0.2, -0.15) is 0 Å². The molecule has 0 saturated heterocycles. The maximum absolute atomic E-state index is 13.0. The Bertz CT molecular complexity index is 1120. The van der Waals surface area contributed by atoms with E-state index >= 15 is 0 Å². The molecule has 144 valence electrons. The van der Waals surface area contributed by atoms with Gasteiger partial charge in [0.25, 0.3) is 15.9 Å². The van der Waals surface area contributed by atoms with Crippen molar-refractivity contribution in [2.75, 3.05) is 10.0 Å². The van der Waals surface area contributed by atoms with Gasteiger partial charge in [-0.25, -0.2) is 12.8 Å². The van der Waals surface area contributed by atoms with Crippen LogP contribution in [-0.2, 0) is 10.0 Å². The molecule has 5 nitrogen and oxygen atoms in total. The Morgan fingerprint density at radius 3 is 2.18 bits per heavy atom. The minimum absolute atomic E-state index is 0.00608. The SMILES string of the molecule is O=C(Nc1ccc(Br)cc1)c1cc(S(=O)(=O)Nc2ccc(F)cc2)ccc1Cl. The van der Waals surface area contributed by atoms with Crippen molar-refractivity contribution in [3.8, 4) is 0 Å². The normalized spacial score (nSPS) is 11.1. The molecule has 3 aromatic rings. The molecule has 0 bridgehead atoms. The second-order valence-corrected chi connectivity index (χ2v) is 8.72. The molecule has 0 heterocycles. The van der Waals surface area contributed by atoms with Crippen LogP contribution in [0.3, 0.4) is 0 Å². The molecule has 1 amide bonds. The average molecular weight is 484 g/mol. The van der Waals surface area contributed by atoms with Crippen LogP contribution in [0.2, 0.25) is 5.02 Å². The Kier molecular flexibility index (Phi) is 6.02. The highest BCUT2D eigenvalue weighted by molar-refractivity contribution is 9.10. The van der Waals surface area contributed by atoms with Gasteiger partial charge in [0.2, 0.25) is 0 Å². The van der Waals surface area contributed by atoms with Gasteiger partial charge in [-0.15, -0.1) is 0 Å². The van der Waals surface area contributed by atoms with Gasteiger partial charge in [0.05, 0.1) is 15.5 Å². The van der Waals surface area contributed by atoms with Crippen molar-refractivity contribution < 1.29 is 17.6 Å². The summed E-state index contributed by atoms with van der Waals surface area (Å²) < 4.78 is 41.3. The summed E-state index contributed by atoms with van der Waals surface area (Å²) in [5, 5.41) is 2.77. The van der Waals surface area contributed by atoms with Crippen LogP contribution in [0.5, 0.6) is 0 Å². The van der Waals surface area contributed by atoms with Crippen molar-refractivity contribution >= 4 is 54.8 Å². The van der Waals surface area contributed by atoms with Crippen LogP contribution in [0, 0.1) is 5.82 Å². The summed E-state index contributed by atoms with van der Waals surface area (Å²) in [5.74, 6) is -1.03. The van der Waals surface area contributed by atoms with Gasteiger partial charge in [-0.05, 0) is 66.7 Å². The lowest BCUT2D eigenvalue weighted by Gasteiger charge is -2.11. The molecule has 9 heteroatoms. The zero-order valence-corrected chi connectivity index (χ0v) is 17.3. The second-order valence-electron chi connectivity index (χ2n) is 5.72. The monoisotopic (exact) mass is 482 g/mol. The molecular formula is C19H13BrClFN2O3S. The Morgan fingerprint density at radius 2 is 1.54 bits per heavy atom.